The van der Waals surface area contributed by atoms with Crippen LogP contribution in [0.15, 0.2) is 16.6 Å². The van der Waals surface area contributed by atoms with Crippen molar-refractivity contribution in [1.29, 1.82) is 5.26 Å². The SMILES string of the molecule is N#Cc1cc2c(cc1Br)CCC2=C=O. The Morgan fingerprint density at radius 2 is 2.14 bits per heavy atom. The molecule has 0 aromatic heterocycles. The van der Waals surface area contributed by atoms with Crippen LogP contribution in [0.1, 0.15) is 23.1 Å². The highest BCUT2D eigenvalue weighted by molar-refractivity contribution is 9.10. The summed E-state index contributed by atoms with van der Waals surface area (Å²) in [5, 5.41) is 8.82. The second kappa shape index (κ2) is 3.42. The zero-order valence-corrected chi connectivity index (χ0v) is 8.89. The van der Waals surface area contributed by atoms with E-state index in [4.69, 9.17) is 5.26 Å². The molecule has 0 spiro atoms. The van der Waals surface area contributed by atoms with Crippen LogP contribution in [-0.4, -0.2) is 5.94 Å². The quantitative estimate of drug-likeness (QED) is 0.662. The normalized spacial score (nSPS) is 13.3. The Kier molecular flexibility index (Phi) is 2.25. The third kappa shape index (κ3) is 1.29. The largest absolute Gasteiger partial charge is 0.233 e. The Morgan fingerprint density at radius 1 is 1.36 bits per heavy atom. The topological polar surface area (TPSA) is 40.9 Å². The van der Waals surface area contributed by atoms with Crippen molar-refractivity contribution in [3.05, 3.63) is 33.3 Å². The van der Waals surface area contributed by atoms with Crippen LogP contribution in [0.2, 0.25) is 0 Å². The van der Waals surface area contributed by atoms with E-state index in [0.717, 1.165) is 28.4 Å². The molecule has 0 atom stereocenters. The molecule has 1 aromatic rings. The molecule has 0 saturated heterocycles. The number of rotatable bonds is 0. The van der Waals surface area contributed by atoms with Gasteiger partial charge in [0.2, 0.25) is 0 Å². The summed E-state index contributed by atoms with van der Waals surface area (Å²) >= 11 is 3.32. The number of aryl methyl sites for hydroxylation is 1. The molecule has 1 aliphatic carbocycles. The molecule has 0 bridgehead atoms. The van der Waals surface area contributed by atoms with Crippen molar-refractivity contribution in [1.82, 2.24) is 0 Å². The lowest BCUT2D eigenvalue weighted by Gasteiger charge is -2.01. The minimum Gasteiger partial charge on any atom is -0.233 e. The van der Waals surface area contributed by atoms with Gasteiger partial charge in [0, 0.05) is 10.0 Å². The summed E-state index contributed by atoms with van der Waals surface area (Å²) in [5.74, 6) is 1.93. The minimum atomic E-state index is 0.568. The minimum absolute atomic E-state index is 0.568. The van der Waals surface area contributed by atoms with Crippen molar-refractivity contribution in [3.8, 4) is 6.07 Å². The number of carbonyl (C=O) groups excluding carboxylic acids is 1. The van der Waals surface area contributed by atoms with Gasteiger partial charge in [-0.15, -0.1) is 0 Å². The van der Waals surface area contributed by atoms with E-state index in [0.29, 0.717) is 11.1 Å². The van der Waals surface area contributed by atoms with Gasteiger partial charge >= 0.3 is 0 Å². The van der Waals surface area contributed by atoms with Gasteiger partial charge in [-0.05, 0) is 52.0 Å². The smallest absolute Gasteiger partial charge is 0.128 e. The van der Waals surface area contributed by atoms with E-state index in [1.165, 1.54) is 0 Å². The van der Waals surface area contributed by atoms with Crippen LogP contribution < -0.4 is 0 Å². The maximum Gasteiger partial charge on any atom is 0.128 e. The first-order valence-corrected chi connectivity index (χ1v) is 5.02. The van der Waals surface area contributed by atoms with Gasteiger partial charge in [0.05, 0.1) is 5.56 Å². The molecule has 0 unspecified atom stereocenters. The number of halogens is 1. The van der Waals surface area contributed by atoms with E-state index < -0.39 is 0 Å². The average molecular weight is 248 g/mol. The van der Waals surface area contributed by atoms with E-state index in [1.54, 1.807) is 6.07 Å². The molecule has 0 fully saturated rings. The molecule has 2 nitrogen and oxygen atoms in total. The van der Waals surface area contributed by atoms with Crippen LogP contribution in [0.3, 0.4) is 0 Å². The van der Waals surface area contributed by atoms with Gasteiger partial charge in [0.25, 0.3) is 0 Å². The van der Waals surface area contributed by atoms with Crippen LogP contribution in [0, 0.1) is 11.3 Å². The van der Waals surface area contributed by atoms with Crippen molar-refractivity contribution in [2.24, 2.45) is 0 Å². The van der Waals surface area contributed by atoms with Gasteiger partial charge in [0.15, 0.2) is 0 Å². The standard InChI is InChI=1S/C11H6BrNO/c12-11-4-7-1-2-8(6-14)10(7)3-9(11)5-13/h3-4H,1-2H2. The zero-order valence-electron chi connectivity index (χ0n) is 7.30. The Hall–Kier alpha value is -1.36. The molecule has 2 rings (SSSR count). The second-order valence-corrected chi connectivity index (χ2v) is 4.04. The molecule has 0 heterocycles. The molecule has 0 amide bonds. The molecule has 0 aliphatic heterocycles. The summed E-state index contributed by atoms with van der Waals surface area (Å²) in [4.78, 5) is 10.6. The lowest BCUT2D eigenvalue weighted by molar-refractivity contribution is 0.569. The molecular formula is C11H6BrNO. The molecule has 0 N–H and O–H groups in total. The molecular weight excluding hydrogens is 242 g/mol. The third-order valence-corrected chi connectivity index (χ3v) is 3.06. The van der Waals surface area contributed by atoms with Crippen LogP contribution in [-0.2, 0) is 11.2 Å². The Bertz CT molecular complexity index is 493. The second-order valence-electron chi connectivity index (χ2n) is 3.18. The number of hydrogen-bond acceptors (Lipinski definition) is 2. The van der Waals surface area contributed by atoms with Gasteiger partial charge in [-0.2, -0.15) is 5.26 Å². The summed E-state index contributed by atoms with van der Waals surface area (Å²) in [6.45, 7) is 0. The van der Waals surface area contributed by atoms with Gasteiger partial charge in [-0.3, -0.25) is 0 Å². The first-order chi connectivity index (χ1) is 6.76. The van der Waals surface area contributed by atoms with Crippen molar-refractivity contribution in [2.45, 2.75) is 12.8 Å². The fraction of sp³-hybridized carbons (Fsp3) is 0.182. The van der Waals surface area contributed by atoms with E-state index in [9.17, 15) is 4.79 Å². The van der Waals surface area contributed by atoms with Crippen molar-refractivity contribution >= 4 is 27.4 Å². The number of nitriles is 1. The van der Waals surface area contributed by atoms with E-state index in [-0.39, 0.29) is 0 Å². The highest BCUT2D eigenvalue weighted by atomic mass is 79.9. The first kappa shape index (κ1) is 9.21. The van der Waals surface area contributed by atoms with Crippen molar-refractivity contribution < 1.29 is 4.79 Å². The summed E-state index contributed by atoms with van der Waals surface area (Å²) < 4.78 is 0.797. The van der Waals surface area contributed by atoms with E-state index in [2.05, 4.69) is 22.0 Å². The molecule has 0 saturated carbocycles. The predicted octanol–water partition coefficient (Wildman–Crippen LogP) is 2.48. The molecule has 3 heteroatoms. The summed E-state index contributed by atoms with van der Waals surface area (Å²) in [6, 6.07) is 5.75. The van der Waals surface area contributed by atoms with Crippen LogP contribution >= 0.6 is 15.9 Å². The van der Waals surface area contributed by atoms with Gasteiger partial charge in [-0.1, -0.05) is 0 Å². The monoisotopic (exact) mass is 247 g/mol. The molecule has 1 aliphatic rings. The molecule has 0 radical (unpaired) electrons. The maximum absolute atomic E-state index is 10.6. The van der Waals surface area contributed by atoms with E-state index >= 15 is 0 Å². The lowest BCUT2D eigenvalue weighted by Crippen LogP contribution is -1.86. The number of nitrogens with zero attached hydrogens (tertiary/aromatic N) is 1. The van der Waals surface area contributed by atoms with Crippen LogP contribution in [0.5, 0.6) is 0 Å². The zero-order chi connectivity index (χ0) is 10.1. The Morgan fingerprint density at radius 3 is 2.79 bits per heavy atom. The fourth-order valence-electron chi connectivity index (χ4n) is 1.69. The molecule has 68 valence electrons. The molecule has 14 heavy (non-hydrogen) atoms. The van der Waals surface area contributed by atoms with Gasteiger partial charge in [0.1, 0.15) is 12.0 Å². The maximum atomic E-state index is 10.6. The number of hydrogen-bond donors (Lipinski definition) is 0. The fourth-order valence-corrected chi connectivity index (χ4v) is 2.17. The summed E-state index contributed by atoms with van der Waals surface area (Å²) in [6.07, 6.45) is 1.60. The van der Waals surface area contributed by atoms with Crippen LogP contribution in [0.25, 0.3) is 5.57 Å². The molecule has 1 aromatic carbocycles. The number of benzene rings is 1. The summed E-state index contributed by atoms with van der Waals surface area (Å²) in [5.41, 5.74) is 3.26. The van der Waals surface area contributed by atoms with Crippen molar-refractivity contribution in [3.63, 3.8) is 0 Å². The van der Waals surface area contributed by atoms with Crippen molar-refractivity contribution in [2.75, 3.05) is 0 Å². The number of allylic oxidation sites excluding steroid dienone is 1. The lowest BCUT2D eigenvalue weighted by atomic mass is 10.1. The van der Waals surface area contributed by atoms with Gasteiger partial charge < -0.3 is 0 Å². The highest BCUT2D eigenvalue weighted by Gasteiger charge is 2.18. The summed E-state index contributed by atoms with van der Waals surface area (Å²) in [7, 11) is 0. The highest BCUT2D eigenvalue weighted by Crippen LogP contribution is 2.33. The number of fused-ring (bicyclic) bond motifs is 1. The Balaban J connectivity index is 2.69. The predicted molar refractivity (Wildman–Crippen MR) is 56.3 cm³/mol. The first-order valence-electron chi connectivity index (χ1n) is 4.23. The Labute approximate surface area is 90.0 Å². The average Bonchev–Trinajstić information content (AvgIpc) is 2.58. The van der Waals surface area contributed by atoms with E-state index in [1.807, 2.05) is 12.0 Å². The third-order valence-electron chi connectivity index (χ3n) is 2.41. The van der Waals surface area contributed by atoms with Gasteiger partial charge in [-0.25, -0.2) is 4.79 Å². The van der Waals surface area contributed by atoms with Crippen LogP contribution in [0.4, 0.5) is 0 Å².